The van der Waals surface area contributed by atoms with E-state index in [9.17, 15) is 14.9 Å². The number of fused-ring (bicyclic) bond motifs is 1. The third kappa shape index (κ3) is 3.69. The average molecular weight is 484 g/mol. The Hall–Kier alpha value is -3.23. The minimum absolute atomic E-state index is 0.0656. The Morgan fingerprint density at radius 3 is 2.67 bits per heavy atom. The highest BCUT2D eigenvalue weighted by Crippen LogP contribution is 2.47. The van der Waals surface area contributed by atoms with E-state index in [-0.39, 0.29) is 16.9 Å². The van der Waals surface area contributed by atoms with Gasteiger partial charge >= 0.3 is 0 Å². The first-order chi connectivity index (χ1) is 15.6. The fourth-order valence-electron chi connectivity index (χ4n) is 4.57. The first kappa shape index (κ1) is 21.6. The van der Waals surface area contributed by atoms with Crippen molar-refractivity contribution in [2.45, 2.75) is 32.7 Å². The highest BCUT2D eigenvalue weighted by atomic mass is 35.5. The minimum Gasteiger partial charge on any atom is -0.328 e. The second kappa shape index (κ2) is 7.67. The molecular weight excluding hydrogens is 465 g/mol. The van der Waals surface area contributed by atoms with Crippen LogP contribution >= 0.6 is 23.2 Å². The molecule has 0 spiro atoms. The Labute approximate surface area is 199 Å². The first-order valence-electron chi connectivity index (χ1n) is 10.3. The van der Waals surface area contributed by atoms with Crippen LogP contribution in [0.5, 0.6) is 0 Å². The molecule has 1 N–H and O–H groups in total. The number of halogens is 2. The van der Waals surface area contributed by atoms with E-state index in [0.717, 1.165) is 0 Å². The van der Waals surface area contributed by atoms with E-state index in [1.165, 1.54) is 10.7 Å². The molecule has 168 valence electrons. The normalized spacial score (nSPS) is 19.0. The van der Waals surface area contributed by atoms with Crippen LogP contribution < -0.4 is 5.32 Å². The van der Waals surface area contributed by atoms with E-state index in [1.54, 1.807) is 36.4 Å². The number of hydrogen-bond acceptors (Lipinski definition) is 6. The molecule has 2 aromatic carbocycles. The molecule has 5 rings (SSSR count). The number of ketones is 1. The molecule has 0 amide bonds. The maximum atomic E-state index is 13.3. The van der Waals surface area contributed by atoms with Gasteiger partial charge in [-0.25, -0.2) is 4.68 Å². The van der Waals surface area contributed by atoms with Crippen LogP contribution in [0.3, 0.4) is 0 Å². The van der Waals surface area contributed by atoms with E-state index in [0.29, 0.717) is 57.1 Å². The van der Waals surface area contributed by atoms with Gasteiger partial charge in [-0.3, -0.25) is 14.9 Å². The standard InChI is InChI=1S/C23H19Cl2N5O3/c1-23(2)10-16-19(18(31)11-23)20(14-5-3-4-6-17(14)30(32)33)29-22(26-16)27-21(28-29)13-8-7-12(24)9-15(13)25/h3-9,20H,10-11H2,1-2H3,(H,26,27,28)/t20-/m1/s1. The molecular formula is C23H19Cl2N5O3. The SMILES string of the molecule is CC1(C)CC(=O)C2=C(C1)Nc1nc(-c3ccc(Cl)cc3Cl)nn1[C@@H]2c1ccccc1[N+](=O)[O-]. The number of nitro groups is 1. The Morgan fingerprint density at radius 1 is 1.18 bits per heavy atom. The number of aromatic nitrogens is 3. The largest absolute Gasteiger partial charge is 0.328 e. The van der Waals surface area contributed by atoms with Crippen LogP contribution in [0.25, 0.3) is 11.4 Å². The van der Waals surface area contributed by atoms with Gasteiger partial charge in [-0.1, -0.05) is 49.2 Å². The van der Waals surface area contributed by atoms with Crippen LogP contribution in [-0.4, -0.2) is 25.5 Å². The predicted molar refractivity (Wildman–Crippen MR) is 125 cm³/mol. The fourth-order valence-corrected chi connectivity index (χ4v) is 5.06. The van der Waals surface area contributed by atoms with Crippen molar-refractivity contribution < 1.29 is 9.72 Å². The zero-order chi connectivity index (χ0) is 23.5. The molecule has 0 fully saturated rings. The molecule has 3 aromatic rings. The number of nitrogens with zero attached hydrogens (tertiary/aromatic N) is 4. The summed E-state index contributed by atoms with van der Waals surface area (Å²) < 4.78 is 1.54. The van der Waals surface area contributed by atoms with Gasteiger partial charge in [0, 0.05) is 34.3 Å². The number of para-hydroxylation sites is 1. The lowest BCUT2D eigenvalue weighted by Gasteiger charge is -2.38. The summed E-state index contributed by atoms with van der Waals surface area (Å²) in [6.07, 6.45) is 0.944. The number of rotatable bonds is 3. The molecule has 0 radical (unpaired) electrons. The Bertz CT molecular complexity index is 1360. The summed E-state index contributed by atoms with van der Waals surface area (Å²) in [5.74, 6) is 0.654. The van der Waals surface area contributed by atoms with Gasteiger partial charge in [-0.15, -0.1) is 5.10 Å². The summed E-state index contributed by atoms with van der Waals surface area (Å²) in [5.41, 5.74) is 1.81. The Kier molecular flexibility index (Phi) is 5.02. The van der Waals surface area contributed by atoms with Crippen molar-refractivity contribution in [3.05, 3.63) is 79.5 Å². The number of Topliss-reactive ketones (excluding diaryl/α,β-unsaturated/α-hetero) is 1. The molecule has 2 aliphatic rings. The Morgan fingerprint density at radius 2 is 1.94 bits per heavy atom. The molecule has 0 saturated carbocycles. The van der Waals surface area contributed by atoms with Gasteiger partial charge in [0.25, 0.3) is 5.69 Å². The van der Waals surface area contributed by atoms with Crippen LogP contribution in [0.1, 0.15) is 38.3 Å². The number of anilines is 1. The van der Waals surface area contributed by atoms with Gasteiger partial charge in [0.1, 0.15) is 6.04 Å². The number of carbonyl (C=O) groups is 1. The Balaban J connectivity index is 1.74. The quantitative estimate of drug-likeness (QED) is 0.371. The van der Waals surface area contributed by atoms with Gasteiger partial charge in [-0.2, -0.15) is 4.98 Å². The van der Waals surface area contributed by atoms with Crippen molar-refractivity contribution in [3.8, 4) is 11.4 Å². The lowest BCUT2D eigenvalue weighted by atomic mass is 9.73. The van der Waals surface area contributed by atoms with E-state index in [4.69, 9.17) is 23.2 Å². The van der Waals surface area contributed by atoms with Gasteiger partial charge in [0.05, 0.1) is 15.5 Å². The molecule has 1 aromatic heterocycles. The highest BCUT2D eigenvalue weighted by molar-refractivity contribution is 6.36. The lowest BCUT2D eigenvalue weighted by Crippen LogP contribution is -2.36. The van der Waals surface area contributed by atoms with E-state index < -0.39 is 11.0 Å². The summed E-state index contributed by atoms with van der Waals surface area (Å²) in [4.78, 5) is 29.3. The molecule has 0 unspecified atom stereocenters. The number of allylic oxidation sites excluding steroid dienone is 2. The van der Waals surface area contributed by atoms with Crippen molar-refractivity contribution in [2.24, 2.45) is 5.41 Å². The molecule has 1 aliphatic carbocycles. The van der Waals surface area contributed by atoms with Crippen LogP contribution in [0.15, 0.2) is 53.7 Å². The number of hydrogen-bond donors (Lipinski definition) is 1. The average Bonchev–Trinajstić information content (AvgIpc) is 3.14. The summed E-state index contributed by atoms with van der Waals surface area (Å²) in [7, 11) is 0. The molecule has 33 heavy (non-hydrogen) atoms. The molecule has 8 nitrogen and oxygen atoms in total. The summed E-state index contributed by atoms with van der Waals surface area (Å²) in [5, 5.41) is 20.6. The summed E-state index contributed by atoms with van der Waals surface area (Å²) in [6.45, 7) is 4.04. The fraction of sp³-hybridized carbons (Fsp3) is 0.261. The van der Waals surface area contributed by atoms with Crippen LogP contribution in [0.4, 0.5) is 11.6 Å². The second-order valence-corrected chi connectivity index (χ2v) is 9.85. The van der Waals surface area contributed by atoms with Gasteiger partial charge in [0.15, 0.2) is 11.6 Å². The van der Waals surface area contributed by atoms with E-state index >= 15 is 0 Å². The third-order valence-electron chi connectivity index (χ3n) is 5.93. The molecule has 2 heterocycles. The van der Waals surface area contributed by atoms with Gasteiger partial charge in [0.2, 0.25) is 5.95 Å². The summed E-state index contributed by atoms with van der Waals surface area (Å²) in [6, 6.07) is 10.6. The van der Waals surface area contributed by atoms with Gasteiger partial charge < -0.3 is 5.32 Å². The number of benzene rings is 2. The van der Waals surface area contributed by atoms with Crippen molar-refractivity contribution in [2.75, 3.05) is 5.32 Å². The van der Waals surface area contributed by atoms with Gasteiger partial charge in [-0.05, 0) is 36.1 Å². The molecule has 0 saturated heterocycles. The molecule has 10 heteroatoms. The maximum Gasteiger partial charge on any atom is 0.275 e. The molecule has 0 bridgehead atoms. The minimum atomic E-state index is -0.784. The second-order valence-electron chi connectivity index (χ2n) is 9.00. The van der Waals surface area contributed by atoms with Crippen LogP contribution in [-0.2, 0) is 4.79 Å². The third-order valence-corrected chi connectivity index (χ3v) is 6.48. The van der Waals surface area contributed by atoms with Crippen molar-refractivity contribution in [3.63, 3.8) is 0 Å². The lowest BCUT2D eigenvalue weighted by molar-refractivity contribution is -0.385. The topological polar surface area (TPSA) is 103 Å². The number of nitro benzene ring substituents is 1. The van der Waals surface area contributed by atoms with E-state index in [2.05, 4.69) is 15.4 Å². The molecule has 1 aliphatic heterocycles. The first-order valence-corrected chi connectivity index (χ1v) is 11.1. The number of nitrogens with one attached hydrogen (secondary N) is 1. The predicted octanol–water partition coefficient (Wildman–Crippen LogP) is 5.82. The highest BCUT2D eigenvalue weighted by Gasteiger charge is 2.43. The monoisotopic (exact) mass is 483 g/mol. The maximum absolute atomic E-state index is 13.3. The van der Waals surface area contributed by atoms with Crippen molar-refractivity contribution in [1.29, 1.82) is 0 Å². The van der Waals surface area contributed by atoms with Crippen LogP contribution in [0, 0.1) is 15.5 Å². The summed E-state index contributed by atoms with van der Waals surface area (Å²) >= 11 is 12.4. The number of carbonyl (C=O) groups excluding carboxylic acids is 1. The zero-order valence-corrected chi connectivity index (χ0v) is 19.3. The van der Waals surface area contributed by atoms with Crippen molar-refractivity contribution in [1.82, 2.24) is 14.8 Å². The smallest absolute Gasteiger partial charge is 0.275 e. The molecule has 1 atom stereocenters. The zero-order valence-electron chi connectivity index (χ0n) is 17.8. The van der Waals surface area contributed by atoms with E-state index in [1.807, 2.05) is 13.8 Å². The van der Waals surface area contributed by atoms with Crippen molar-refractivity contribution >= 4 is 40.6 Å². The van der Waals surface area contributed by atoms with Crippen LogP contribution in [0.2, 0.25) is 10.0 Å².